The average molecular weight is 306 g/mol. The number of hydrogen-bond acceptors (Lipinski definition) is 2. The van der Waals surface area contributed by atoms with Gasteiger partial charge >= 0.3 is 0 Å². The van der Waals surface area contributed by atoms with E-state index in [1.54, 1.807) is 12.1 Å². The number of likely N-dealkylation sites (tertiary alicyclic amines) is 1. The fraction of sp³-hybridized carbons (Fsp3) is 0.611. The number of halogens is 1. The van der Waals surface area contributed by atoms with Crippen LogP contribution in [-0.4, -0.2) is 36.5 Å². The molecule has 1 N–H and O–H groups in total. The van der Waals surface area contributed by atoms with E-state index in [9.17, 15) is 9.18 Å². The van der Waals surface area contributed by atoms with Crippen molar-refractivity contribution >= 4 is 5.91 Å². The molecule has 1 heterocycles. The number of piperidine rings is 1. The highest BCUT2D eigenvalue weighted by molar-refractivity contribution is 5.76. The van der Waals surface area contributed by atoms with Crippen LogP contribution < -0.4 is 5.32 Å². The lowest BCUT2D eigenvalue weighted by Crippen LogP contribution is -2.45. The molecule has 1 aliphatic rings. The molecular formula is C18H27FN2O. The lowest BCUT2D eigenvalue weighted by molar-refractivity contribution is -0.121. The summed E-state index contributed by atoms with van der Waals surface area (Å²) in [4.78, 5) is 14.4. The minimum absolute atomic E-state index is 0.0709. The molecule has 22 heavy (non-hydrogen) atoms. The van der Waals surface area contributed by atoms with Crippen LogP contribution in [0.1, 0.15) is 38.7 Å². The molecule has 0 aliphatic carbocycles. The molecule has 4 heteroatoms. The summed E-state index contributed by atoms with van der Waals surface area (Å²) in [6.45, 7) is 7.45. The van der Waals surface area contributed by atoms with Gasteiger partial charge < -0.3 is 5.32 Å². The summed E-state index contributed by atoms with van der Waals surface area (Å²) in [6.07, 6.45) is 3.61. The van der Waals surface area contributed by atoms with Crippen molar-refractivity contribution in [2.75, 3.05) is 19.6 Å². The van der Waals surface area contributed by atoms with Gasteiger partial charge in [0.1, 0.15) is 5.82 Å². The van der Waals surface area contributed by atoms with Gasteiger partial charge in [0.25, 0.3) is 0 Å². The molecule has 2 rings (SSSR count). The third kappa shape index (κ3) is 5.41. The Bertz CT molecular complexity index is 466. The number of carbonyl (C=O) groups excluding carboxylic acids is 1. The first kappa shape index (κ1) is 16.9. The van der Waals surface area contributed by atoms with E-state index >= 15 is 0 Å². The molecule has 1 aromatic rings. The van der Waals surface area contributed by atoms with E-state index in [2.05, 4.69) is 24.1 Å². The molecule has 1 amide bonds. The van der Waals surface area contributed by atoms with Crippen LogP contribution in [0.4, 0.5) is 4.39 Å². The zero-order chi connectivity index (χ0) is 15.9. The standard InChI is InChI=1S/C18H27FN2O/c1-14-9-11-21(12-10-14)15(2)13-20-18(22)8-5-16-3-6-17(19)7-4-16/h3-4,6-7,14-15H,5,8-13H2,1-2H3,(H,20,22). The zero-order valence-electron chi connectivity index (χ0n) is 13.6. The van der Waals surface area contributed by atoms with Crippen molar-refractivity contribution in [1.29, 1.82) is 0 Å². The van der Waals surface area contributed by atoms with Gasteiger partial charge in [-0.05, 0) is 62.9 Å². The Morgan fingerprint density at radius 3 is 2.59 bits per heavy atom. The number of nitrogens with zero attached hydrogens (tertiary/aromatic N) is 1. The molecule has 3 nitrogen and oxygen atoms in total. The molecule has 0 spiro atoms. The summed E-state index contributed by atoms with van der Waals surface area (Å²) < 4.78 is 12.8. The van der Waals surface area contributed by atoms with E-state index in [1.165, 1.54) is 25.0 Å². The highest BCUT2D eigenvalue weighted by Gasteiger charge is 2.20. The zero-order valence-corrected chi connectivity index (χ0v) is 13.6. The molecule has 122 valence electrons. The predicted molar refractivity (Wildman–Crippen MR) is 87.2 cm³/mol. The number of benzene rings is 1. The second-order valence-electron chi connectivity index (χ2n) is 6.50. The Hall–Kier alpha value is -1.42. The van der Waals surface area contributed by atoms with Crippen LogP contribution in [0.3, 0.4) is 0 Å². The maximum Gasteiger partial charge on any atom is 0.220 e. The summed E-state index contributed by atoms with van der Waals surface area (Å²) in [5, 5.41) is 3.02. The third-order valence-electron chi connectivity index (χ3n) is 4.59. The summed E-state index contributed by atoms with van der Waals surface area (Å²) in [6, 6.07) is 6.74. The summed E-state index contributed by atoms with van der Waals surface area (Å²) >= 11 is 0. The summed E-state index contributed by atoms with van der Waals surface area (Å²) in [5.41, 5.74) is 0.995. The molecule has 0 aromatic heterocycles. The third-order valence-corrected chi connectivity index (χ3v) is 4.59. The normalized spacial score (nSPS) is 18.1. The maximum atomic E-state index is 12.8. The van der Waals surface area contributed by atoms with Gasteiger partial charge in [0.2, 0.25) is 5.91 Å². The Morgan fingerprint density at radius 2 is 1.95 bits per heavy atom. The first-order valence-electron chi connectivity index (χ1n) is 8.30. The van der Waals surface area contributed by atoms with Crippen molar-refractivity contribution in [3.8, 4) is 0 Å². The monoisotopic (exact) mass is 306 g/mol. The van der Waals surface area contributed by atoms with Gasteiger partial charge in [-0.3, -0.25) is 9.69 Å². The topological polar surface area (TPSA) is 32.3 Å². The van der Waals surface area contributed by atoms with E-state index in [4.69, 9.17) is 0 Å². The second kappa shape index (κ2) is 8.28. The number of hydrogen-bond donors (Lipinski definition) is 1. The van der Waals surface area contributed by atoms with Crippen LogP contribution in [0, 0.1) is 11.7 Å². The number of carbonyl (C=O) groups is 1. The van der Waals surface area contributed by atoms with Gasteiger partial charge in [0.15, 0.2) is 0 Å². The molecule has 1 aromatic carbocycles. The number of amides is 1. The van der Waals surface area contributed by atoms with E-state index in [0.717, 1.165) is 24.6 Å². The smallest absolute Gasteiger partial charge is 0.220 e. The van der Waals surface area contributed by atoms with Crippen LogP contribution in [0.25, 0.3) is 0 Å². The maximum absolute atomic E-state index is 12.8. The van der Waals surface area contributed by atoms with Crippen molar-refractivity contribution < 1.29 is 9.18 Å². The van der Waals surface area contributed by atoms with Crippen molar-refractivity contribution in [2.24, 2.45) is 5.92 Å². The van der Waals surface area contributed by atoms with E-state index in [0.29, 0.717) is 25.4 Å². The quantitative estimate of drug-likeness (QED) is 0.876. The van der Waals surface area contributed by atoms with Crippen LogP contribution in [0.5, 0.6) is 0 Å². The molecular weight excluding hydrogens is 279 g/mol. The molecule has 1 atom stereocenters. The minimum atomic E-state index is -0.238. The van der Waals surface area contributed by atoms with Crippen LogP contribution in [0.15, 0.2) is 24.3 Å². The number of aryl methyl sites for hydroxylation is 1. The molecule has 1 aliphatic heterocycles. The molecule has 0 saturated carbocycles. The van der Waals surface area contributed by atoms with Gasteiger partial charge in [-0.2, -0.15) is 0 Å². The van der Waals surface area contributed by atoms with Crippen molar-refractivity contribution in [3.05, 3.63) is 35.6 Å². The fourth-order valence-electron chi connectivity index (χ4n) is 2.86. The van der Waals surface area contributed by atoms with E-state index in [1.807, 2.05) is 0 Å². The van der Waals surface area contributed by atoms with Crippen molar-refractivity contribution in [2.45, 2.75) is 45.6 Å². The lowest BCUT2D eigenvalue weighted by Gasteiger charge is -2.35. The van der Waals surface area contributed by atoms with Gasteiger partial charge in [-0.15, -0.1) is 0 Å². The Kier molecular flexibility index (Phi) is 6.37. The van der Waals surface area contributed by atoms with Crippen molar-refractivity contribution in [1.82, 2.24) is 10.2 Å². The predicted octanol–water partition coefficient (Wildman–Crippen LogP) is 2.99. The van der Waals surface area contributed by atoms with Gasteiger partial charge in [0, 0.05) is 19.0 Å². The first-order chi connectivity index (χ1) is 10.5. The highest BCUT2D eigenvalue weighted by atomic mass is 19.1. The largest absolute Gasteiger partial charge is 0.355 e. The average Bonchev–Trinajstić information content (AvgIpc) is 2.52. The van der Waals surface area contributed by atoms with E-state index in [-0.39, 0.29) is 11.7 Å². The lowest BCUT2D eigenvalue weighted by atomic mass is 9.98. The minimum Gasteiger partial charge on any atom is -0.355 e. The van der Waals surface area contributed by atoms with Crippen LogP contribution >= 0.6 is 0 Å². The Labute approximate surface area is 132 Å². The van der Waals surface area contributed by atoms with Crippen molar-refractivity contribution in [3.63, 3.8) is 0 Å². The number of nitrogens with one attached hydrogen (secondary N) is 1. The van der Waals surface area contributed by atoms with Gasteiger partial charge in [-0.1, -0.05) is 19.1 Å². The fourth-order valence-corrected chi connectivity index (χ4v) is 2.86. The van der Waals surface area contributed by atoms with Gasteiger partial charge in [0.05, 0.1) is 0 Å². The van der Waals surface area contributed by atoms with Gasteiger partial charge in [-0.25, -0.2) is 4.39 Å². The van der Waals surface area contributed by atoms with Crippen LogP contribution in [0.2, 0.25) is 0 Å². The molecule has 0 radical (unpaired) electrons. The van der Waals surface area contributed by atoms with E-state index < -0.39 is 0 Å². The summed E-state index contributed by atoms with van der Waals surface area (Å²) in [5.74, 6) is 0.660. The first-order valence-corrected chi connectivity index (χ1v) is 8.30. The Morgan fingerprint density at radius 1 is 1.32 bits per heavy atom. The molecule has 1 saturated heterocycles. The highest BCUT2D eigenvalue weighted by Crippen LogP contribution is 2.17. The SMILES string of the molecule is CC1CCN(C(C)CNC(=O)CCc2ccc(F)cc2)CC1. The number of rotatable bonds is 6. The molecule has 1 unspecified atom stereocenters. The summed E-state index contributed by atoms with van der Waals surface area (Å²) in [7, 11) is 0. The van der Waals surface area contributed by atoms with Crippen LogP contribution in [-0.2, 0) is 11.2 Å². The molecule has 1 fully saturated rings. The molecule has 0 bridgehead atoms. The Balaban J connectivity index is 1.65. The second-order valence-corrected chi connectivity index (χ2v) is 6.50.